The highest BCUT2D eigenvalue weighted by Crippen LogP contribution is 2.20. The topological polar surface area (TPSA) is 77.4 Å². The van der Waals surface area contributed by atoms with Gasteiger partial charge in [-0.15, -0.1) is 0 Å². The molecule has 1 aromatic rings. The molecular weight excluding hydrogens is 256 g/mol. The van der Waals surface area contributed by atoms with E-state index >= 15 is 0 Å². The molecule has 2 heterocycles. The van der Waals surface area contributed by atoms with Crippen molar-refractivity contribution in [2.45, 2.75) is 38.7 Å². The number of likely N-dealkylation sites (N-methyl/N-ethyl adjacent to an activating group) is 1. The molecule has 2 N–H and O–H groups in total. The third kappa shape index (κ3) is 4.26. The SMILES string of the molecule is CCC(CCN)CCc1nc(C2CN(C)CCO2)no1. The van der Waals surface area contributed by atoms with Gasteiger partial charge in [0.25, 0.3) is 0 Å². The maximum absolute atomic E-state index is 5.69. The number of morpholine rings is 1. The molecule has 1 fully saturated rings. The summed E-state index contributed by atoms with van der Waals surface area (Å²) in [5.74, 6) is 2.04. The van der Waals surface area contributed by atoms with Gasteiger partial charge in [0, 0.05) is 19.5 Å². The fraction of sp³-hybridized carbons (Fsp3) is 0.857. The smallest absolute Gasteiger partial charge is 0.226 e. The molecule has 0 saturated carbocycles. The molecule has 0 bridgehead atoms. The zero-order valence-electron chi connectivity index (χ0n) is 12.5. The highest BCUT2D eigenvalue weighted by molar-refractivity contribution is 4.94. The summed E-state index contributed by atoms with van der Waals surface area (Å²) in [5, 5.41) is 4.06. The maximum atomic E-state index is 5.69. The van der Waals surface area contributed by atoms with Gasteiger partial charge >= 0.3 is 0 Å². The lowest BCUT2D eigenvalue weighted by molar-refractivity contribution is -0.0264. The molecule has 6 nitrogen and oxygen atoms in total. The van der Waals surface area contributed by atoms with E-state index < -0.39 is 0 Å². The fourth-order valence-corrected chi connectivity index (χ4v) is 2.55. The summed E-state index contributed by atoms with van der Waals surface area (Å²) < 4.78 is 11.0. The van der Waals surface area contributed by atoms with Crippen LogP contribution in [0.2, 0.25) is 0 Å². The van der Waals surface area contributed by atoms with Gasteiger partial charge in [-0.1, -0.05) is 18.5 Å². The van der Waals surface area contributed by atoms with E-state index in [2.05, 4.69) is 29.0 Å². The molecule has 0 amide bonds. The summed E-state index contributed by atoms with van der Waals surface area (Å²) in [6.45, 7) is 5.45. The van der Waals surface area contributed by atoms with Gasteiger partial charge in [-0.3, -0.25) is 0 Å². The number of ether oxygens (including phenoxy) is 1. The molecule has 0 radical (unpaired) electrons. The van der Waals surface area contributed by atoms with Crippen molar-refractivity contribution in [1.29, 1.82) is 0 Å². The lowest BCUT2D eigenvalue weighted by Gasteiger charge is -2.27. The Morgan fingerprint density at radius 3 is 3.00 bits per heavy atom. The summed E-state index contributed by atoms with van der Waals surface area (Å²) >= 11 is 0. The summed E-state index contributed by atoms with van der Waals surface area (Å²) in [5.41, 5.74) is 5.62. The van der Waals surface area contributed by atoms with Crippen molar-refractivity contribution >= 4 is 0 Å². The van der Waals surface area contributed by atoms with E-state index in [4.69, 9.17) is 15.0 Å². The Balaban J connectivity index is 1.85. The first-order valence-electron chi connectivity index (χ1n) is 7.55. The van der Waals surface area contributed by atoms with Crippen LogP contribution in [0.5, 0.6) is 0 Å². The molecule has 0 spiro atoms. The van der Waals surface area contributed by atoms with E-state index in [0.29, 0.717) is 17.6 Å². The minimum absolute atomic E-state index is 0.0581. The molecule has 2 rings (SSSR count). The molecule has 2 atom stereocenters. The van der Waals surface area contributed by atoms with Crippen LogP contribution in [0.3, 0.4) is 0 Å². The van der Waals surface area contributed by atoms with Crippen LogP contribution in [0.15, 0.2) is 4.52 Å². The van der Waals surface area contributed by atoms with E-state index in [1.807, 2.05) is 0 Å². The predicted octanol–water partition coefficient (Wildman–Crippen LogP) is 1.38. The summed E-state index contributed by atoms with van der Waals surface area (Å²) in [7, 11) is 2.08. The van der Waals surface area contributed by atoms with Gasteiger partial charge in [0.1, 0.15) is 6.10 Å². The number of nitrogens with two attached hydrogens (primary N) is 1. The first kappa shape index (κ1) is 15.4. The van der Waals surface area contributed by atoms with Crippen molar-refractivity contribution in [1.82, 2.24) is 15.0 Å². The summed E-state index contributed by atoms with van der Waals surface area (Å²) in [6.07, 6.45) is 4.04. The van der Waals surface area contributed by atoms with E-state index in [-0.39, 0.29) is 6.10 Å². The van der Waals surface area contributed by atoms with Gasteiger partial charge in [0.15, 0.2) is 0 Å². The van der Waals surface area contributed by atoms with E-state index in [9.17, 15) is 0 Å². The highest BCUT2D eigenvalue weighted by atomic mass is 16.5. The molecular formula is C14H26N4O2. The Morgan fingerprint density at radius 2 is 2.30 bits per heavy atom. The van der Waals surface area contributed by atoms with Gasteiger partial charge < -0.3 is 19.9 Å². The van der Waals surface area contributed by atoms with Crippen LogP contribution in [0.4, 0.5) is 0 Å². The molecule has 20 heavy (non-hydrogen) atoms. The Morgan fingerprint density at radius 1 is 1.45 bits per heavy atom. The van der Waals surface area contributed by atoms with Gasteiger partial charge in [-0.2, -0.15) is 4.98 Å². The fourth-order valence-electron chi connectivity index (χ4n) is 2.55. The Bertz CT molecular complexity index is 396. The van der Waals surface area contributed by atoms with Crippen LogP contribution in [-0.4, -0.2) is 48.3 Å². The summed E-state index contributed by atoms with van der Waals surface area (Å²) in [4.78, 5) is 6.69. The molecule has 1 aliphatic heterocycles. The van der Waals surface area contributed by atoms with Gasteiger partial charge in [0.05, 0.1) is 6.61 Å². The summed E-state index contributed by atoms with van der Waals surface area (Å²) in [6, 6.07) is 0. The third-order valence-electron chi connectivity index (χ3n) is 3.96. The Labute approximate surface area is 120 Å². The van der Waals surface area contributed by atoms with E-state index in [1.54, 1.807) is 0 Å². The normalized spacial score (nSPS) is 22.1. The molecule has 6 heteroatoms. The Kier molecular flexibility index (Phi) is 5.94. The quantitative estimate of drug-likeness (QED) is 0.814. The van der Waals surface area contributed by atoms with Crippen LogP contribution < -0.4 is 5.73 Å². The molecule has 1 saturated heterocycles. The number of rotatable bonds is 7. The van der Waals surface area contributed by atoms with Gasteiger partial charge in [-0.25, -0.2) is 0 Å². The van der Waals surface area contributed by atoms with Gasteiger partial charge in [-0.05, 0) is 32.4 Å². The maximum Gasteiger partial charge on any atom is 0.226 e. The molecule has 0 aromatic carbocycles. The van der Waals surface area contributed by atoms with Crippen molar-refractivity contribution in [2.24, 2.45) is 11.7 Å². The second-order valence-electron chi connectivity index (χ2n) is 5.56. The third-order valence-corrected chi connectivity index (χ3v) is 3.96. The second-order valence-corrected chi connectivity index (χ2v) is 5.56. The minimum atomic E-state index is -0.0581. The lowest BCUT2D eigenvalue weighted by atomic mass is 9.97. The zero-order chi connectivity index (χ0) is 14.4. The van der Waals surface area contributed by atoms with Crippen molar-refractivity contribution in [3.63, 3.8) is 0 Å². The molecule has 1 aromatic heterocycles. The number of nitrogens with zero attached hydrogens (tertiary/aromatic N) is 3. The molecule has 0 aliphatic carbocycles. The van der Waals surface area contributed by atoms with E-state index in [1.165, 1.54) is 0 Å². The molecule has 1 aliphatic rings. The van der Waals surface area contributed by atoms with Gasteiger partial charge in [0.2, 0.25) is 11.7 Å². The number of hydrogen-bond donors (Lipinski definition) is 1. The highest BCUT2D eigenvalue weighted by Gasteiger charge is 2.24. The predicted molar refractivity (Wildman–Crippen MR) is 76.3 cm³/mol. The Hall–Kier alpha value is -0.980. The lowest BCUT2D eigenvalue weighted by Crippen LogP contribution is -2.35. The van der Waals surface area contributed by atoms with Crippen molar-refractivity contribution in [3.05, 3.63) is 11.7 Å². The zero-order valence-corrected chi connectivity index (χ0v) is 12.5. The van der Waals surface area contributed by atoms with Crippen molar-refractivity contribution in [3.8, 4) is 0 Å². The second kappa shape index (κ2) is 7.71. The average Bonchev–Trinajstić information content (AvgIpc) is 2.92. The van der Waals surface area contributed by atoms with E-state index in [0.717, 1.165) is 51.9 Å². The van der Waals surface area contributed by atoms with Crippen LogP contribution in [0.1, 0.15) is 44.0 Å². The standard InChI is InChI=1S/C14H26N4O2/c1-3-11(6-7-15)4-5-13-16-14(17-20-13)12-10-18(2)8-9-19-12/h11-12H,3-10,15H2,1-2H3. The van der Waals surface area contributed by atoms with Crippen LogP contribution in [-0.2, 0) is 11.2 Å². The molecule has 114 valence electrons. The number of aromatic nitrogens is 2. The van der Waals surface area contributed by atoms with Crippen LogP contribution >= 0.6 is 0 Å². The minimum Gasteiger partial charge on any atom is -0.367 e. The first-order valence-corrected chi connectivity index (χ1v) is 7.55. The first-order chi connectivity index (χ1) is 9.72. The average molecular weight is 282 g/mol. The van der Waals surface area contributed by atoms with Crippen LogP contribution in [0, 0.1) is 5.92 Å². The number of hydrogen-bond acceptors (Lipinski definition) is 6. The largest absolute Gasteiger partial charge is 0.367 e. The monoisotopic (exact) mass is 282 g/mol. The van der Waals surface area contributed by atoms with Crippen LogP contribution in [0.25, 0.3) is 0 Å². The van der Waals surface area contributed by atoms with Crippen molar-refractivity contribution < 1.29 is 9.26 Å². The number of aryl methyl sites for hydroxylation is 1. The molecule has 2 unspecified atom stereocenters. The van der Waals surface area contributed by atoms with Crippen molar-refractivity contribution in [2.75, 3.05) is 33.3 Å².